The van der Waals surface area contributed by atoms with Gasteiger partial charge in [0.25, 0.3) is 0 Å². The Kier molecular flexibility index (Phi) is 2.84. The summed E-state index contributed by atoms with van der Waals surface area (Å²) >= 11 is 0. The maximum Gasteiger partial charge on any atom is 0.0391 e. The number of rotatable bonds is 0. The first-order chi connectivity index (χ1) is 8.10. The van der Waals surface area contributed by atoms with E-state index in [-0.39, 0.29) is 10.8 Å². The molecule has 1 nitrogen and oxygen atoms in total. The number of fused-ring (bicyclic) bond motifs is 1. The van der Waals surface area contributed by atoms with Crippen LogP contribution in [0, 0.1) is 5.41 Å². The third-order valence-electron chi connectivity index (χ3n) is 3.86. The van der Waals surface area contributed by atoms with Crippen LogP contribution in [0.25, 0.3) is 5.70 Å². The fourth-order valence-corrected chi connectivity index (χ4v) is 2.57. The van der Waals surface area contributed by atoms with E-state index in [1.807, 2.05) is 0 Å². The second-order valence-electron chi connectivity index (χ2n) is 7.44. The van der Waals surface area contributed by atoms with Crippen molar-refractivity contribution in [2.45, 2.75) is 53.4 Å². The van der Waals surface area contributed by atoms with E-state index in [0.29, 0.717) is 0 Å². The molecule has 0 bridgehead atoms. The summed E-state index contributed by atoms with van der Waals surface area (Å²) in [6, 6.07) is 6.78. The van der Waals surface area contributed by atoms with Crippen molar-refractivity contribution in [2.24, 2.45) is 11.1 Å². The Hall–Kier alpha value is -1.24. The lowest BCUT2D eigenvalue weighted by Crippen LogP contribution is -2.13. The molecule has 0 aliphatic heterocycles. The molecule has 0 saturated heterocycles. The Morgan fingerprint density at radius 2 is 1.56 bits per heavy atom. The van der Waals surface area contributed by atoms with Crippen molar-refractivity contribution in [2.75, 3.05) is 0 Å². The van der Waals surface area contributed by atoms with Gasteiger partial charge in [0.05, 0.1) is 0 Å². The van der Waals surface area contributed by atoms with E-state index < -0.39 is 0 Å². The minimum Gasteiger partial charge on any atom is -0.398 e. The standard InChI is InChI=1S/C17H25N/c1-16(2,3)12-8-7-11-9-14(17(4,5)6)15(18)13(11)10-12/h7-8,10H,9,18H2,1-6H3. The minimum atomic E-state index is 0.158. The average molecular weight is 243 g/mol. The Morgan fingerprint density at radius 1 is 0.944 bits per heavy atom. The first kappa shape index (κ1) is 13.2. The summed E-state index contributed by atoms with van der Waals surface area (Å²) < 4.78 is 0. The van der Waals surface area contributed by atoms with Gasteiger partial charge in [-0.1, -0.05) is 53.7 Å². The Labute approximate surface area is 111 Å². The number of benzene rings is 1. The molecule has 0 heterocycles. The van der Waals surface area contributed by atoms with Gasteiger partial charge < -0.3 is 5.73 Å². The molecule has 1 heteroatoms. The van der Waals surface area contributed by atoms with E-state index in [1.54, 1.807) is 0 Å². The molecular formula is C17H25N. The highest BCUT2D eigenvalue weighted by Crippen LogP contribution is 2.40. The highest BCUT2D eigenvalue weighted by atomic mass is 14.6. The van der Waals surface area contributed by atoms with Gasteiger partial charge in [-0.15, -0.1) is 0 Å². The van der Waals surface area contributed by atoms with E-state index in [2.05, 4.69) is 59.7 Å². The second kappa shape index (κ2) is 3.88. The van der Waals surface area contributed by atoms with Crippen molar-refractivity contribution in [3.63, 3.8) is 0 Å². The van der Waals surface area contributed by atoms with Crippen LogP contribution in [0.4, 0.5) is 0 Å². The molecule has 0 spiro atoms. The summed E-state index contributed by atoms with van der Waals surface area (Å²) in [4.78, 5) is 0. The van der Waals surface area contributed by atoms with Crippen LogP contribution in [-0.2, 0) is 11.8 Å². The van der Waals surface area contributed by atoms with Crippen molar-refractivity contribution < 1.29 is 0 Å². The molecule has 98 valence electrons. The van der Waals surface area contributed by atoms with Gasteiger partial charge in [-0.25, -0.2) is 0 Å². The van der Waals surface area contributed by atoms with Crippen molar-refractivity contribution in [3.05, 3.63) is 40.5 Å². The van der Waals surface area contributed by atoms with E-state index in [9.17, 15) is 0 Å². The van der Waals surface area contributed by atoms with Gasteiger partial charge in [0.1, 0.15) is 0 Å². The summed E-state index contributed by atoms with van der Waals surface area (Å²) in [7, 11) is 0. The van der Waals surface area contributed by atoms with Crippen molar-refractivity contribution >= 4 is 5.70 Å². The SMILES string of the molecule is CC(C)(C)C1=C(N)c2cc(C(C)(C)C)ccc2C1. The lowest BCUT2D eigenvalue weighted by Gasteiger charge is -2.21. The molecule has 0 fully saturated rings. The maximum absolute atomic E-state index is 6.37. The monoisotopic (exact) mass is 243 g/mol. The van der Waals surface area contributed by atoms with Crippen LogP contribution in [-0.4, -0.2) is 0 Å². The van der Waals surface area contributed by atoms with E-state index in [1.165, 1.54) is 22.3 Å². The van der Waals surface area contributed by atoms with Crippen LogP contribution in [0.3, 0.4) is 0 Å². The molecule has 18 heavy (non-hydrogen) atoms. The molecular weight excluding hydrogens is 218 g/mol. The van der Waals surface area contributed by atoms with Gasteiger partial charge in [-0.05, 0) is 40.0 Å². The number of nitrogens with two attached hydrogens (primary N) is 1. The van der Waals surface area contributed by atoms with Crippen LogP contribution in [0.2, 0.25) is 0 Å². The maximum atomic E-state index is 6.37. The molecule has 1 aliphatic rings. The molecule has 1 aromatic rings. The molecule has 0 unspecified atom stereocenters. The molecule has 0 saturated carbocycles. The average Bonchev–Trinajstić information content (AvgIpc) is 2.54. The number of allylic oxidation sites excluding steroid dienone is 1. The zero-order chi connectivity index (χ0) is 13.7. The van der Waals surface area contributed by atoms with Crippen molar-refractivity contribution in [1.29, 1.82) is 0 Å². The molecule has 0 atom stereocenters. The quantitative estimate of drug-likeness (QED) is 0.724. The normalized spacial score (nSPS) is 16.1. The summed E-state index contributed by atoms with van der Waals surface area (Å²) in [5.41, 5.74) is 13.1. The second-order valence-corrected chi connectivity index (χ2v) is 7.44. The summed E-state index contributed by atoms with van der Waals surface area (Å²) in [6.45, 7) is 13.5. The van der Waals surface area contributed by atoms with Gasteiger partial charge in [-0.3, -0.25) is 0 Å². The molecule has 1 aliphatic carbocycles. The van der Waals surface area contributed by atoms with Gasteiger partial charge in [-0.2, -0.15) is 0 Å². The zero-order valence-electron chi connectivity index (χ0n) is 12.5. The van der Waals surface area contributed by atoms with Crippen LogP contribution in [0.1, 0.15) is 58.2 Å². The fraction of sp³-hybridized carbons (Fsp3) is 0.529. The van der Waals surface area contributed by atoms with Gasteiger partial charge in [0.2, 0.25) is 0 Å². The highest BCUT2D eigenvalue weighted by Gasteiger charge is 2.28. The third-order valence-corrected chi connectivity index (χ3v) is 3.86. The molecule has 2 N–H and O–H groups in total. The predicted molar refractivity (Wildman–Crippen MR) is 79.4 cm³/mol. The summed E-state index contributed by atoms with van der Waals surface area (Å²) in [5.74, 6) is 0. The van der Waals surface area contributed by atoms with E-state index in [0.717, 1.165) is 12.1 Å². The molecule has 1 aromatic carbocycles. The summed E-state index contributed by atoms with van der Waals surface area (Å²) in [6.07, 6.45) is 1.01. The van der Waals surface area contributed by atoms with Crippen LogP contribution in [0.15, 0.2) is 23.8 Å². The van der Waals surface area contributed by atoms with E-state index >= 15 is 0 Å². The third kappa shape index (κ3) is 2.19. The molecule has 0 radical (unpaired) electrons. The first-order valence-electron chi connectivity index (χ1n) is 6.73. The lowest BCUT2D eigenvalue weighted by molar-refractivity contribution is 0.496. The Bertz CT molecular complexity index is 507. The number of hydrogen-bond acceptors (Lipinski definition) is 1. The summed E-state index contributed by atoms with van der Waals surface area (Å²) in [5, 5.41) is 0. The van der Waals surface area contributed by atoms with Crippen molar-refractivity contribution in [1.82, 2.24) is 0 Å². The first-order valence-corrected chi connectivity index (χ1v) is 6.73. The van der Waals surface area contributed by atoms with Crippen LogP contribution >= 0.6 is 0 Å². The molecule has 2 rings (SSSR count). The number of hydrogen-bond donors (Lipinski definition) is 1. The minimum absolute atomic E-state index is 0.158. The van der Waals surface area contributed by atoms with E-state index in [4.69, 9.17) is 5.73 Å². The smallest absolute Gasteiger partial charge is 0.0391 e. The Balaban J connectivity index is 2.51. The van der Waals surface area contributed by atoms with Gasteiger partial charge in [0.15, 0.2) is 0 Å². The molecule has 0 amide bonds. The topological polar surface area (TPSA) is 26.0 Å². The molecule has 0 aromatic heterocycles. The van der Waals surface area contributed by atoms with Crippen molar-refractivity contribution in [3.8, 4) is 0 Å². The Morgan fingerprint density at radius 3 is 2.06 bits per heavy atom. The highest BCUT2D eigenvalue weighted by molar-refractivity contribution is 5.75. The van der Waals surface area contributed by atoms with Gasteiger partial charge in [0, 0.05) is 11.3 Å². The largest absolute Gasteiger partial charge is 0.398 e. The van der Waals surface area contributed by atoms with Gasteiger partial charge >= 0.3 is 0 Å². The van der Waals surface area contributed by atoms with Crippen LogP contribution < -0.4 is 5.73 Å². The zero-order valence-corrected chi connectivity index (χ0v) is 12.5. The lowest BCUT2D eigenvalue weighted by atomic mass is 9.85. The predicted octanol–water partition coefficient (Wildman–Crippen LogP) is 4.26. The fourth-order valence-electron chi connectivity index (χ4n) is 2.57. The van der Waals surface area contributed by atoms with Crippen LogP contribution in [0.5, 0.6) is 0 Å².